The normalized spacial score (nSPS) is 16.6. The Morgan fingerprint density at radius 2 is 1.91 bits per heavy atom. The highest BCUT2D eigenvalue weighted by Gasteiger charge is 2.25. The van der Waals surface area contributed by atoms with Gasteiger partial charge in [0.2, 0.25) is 0 Å². The highest BCUT2D eigenvalue weighted by atomic mass is 35.5. The fourth-order valence-corrected chi connectivity index (χ4v) is 2.55. The van der Waals surface area contributed by atoms with E-state index in [1.54, 1.807) is 11.0 Å². The number of anilines is 1. The van der Waals surface area contributed by atoms with Gasteiger partial charge in [0.25, 0.3) is 0 Å². The van der Waals surface area contributed by atoms with Gasteiger partial charge in [0.15, 0.2) is 0 Å². The molecule has 22 heavy (non-hydrogen) atoms. The van der Waals surface area contributed by atoms with Crippen molar-refractivity contribution in [3.63, 3.8) is 0 Å². The van der Waals surface area contributed by atoms with Gasteiger partial charge in [-0.2, -0.15) is 0 Å². The smallest absolute Gasteiger partial charge is 0.410 e. The summed E-state index contributed by atoms with van der Waals surface area (Å²) < 4.78 is 5.40. The van der Waals surface area contributed by atoms with Gasteiger partial charge in [0.05, 0.1) is 0 Å². The molecule has 1 aliphatic rings. The number of amides is 1. The van der Waals surface area contributed by atoms with Crippen LogP contribution in [0.1, 0.15) is 26.3 Å². The highest BCUT2D eigenvalue weighted by Crippen LogP contribution is 2.20. The molecule has 1 fully saturated rings. The van der Waals surface area contributed by atoms with Crippen molar-refractivity contribution in [2.75, 3.05) is 31.9 Å². The molecule has 1 aromatic carbocycles. The van der Waals surface area contributed by atoms with Gasteiger partial charge in [-0.15, -0.1) is 0 Å². The monoisotopic (exact) mass is 325 g/mol. The van der Waals surface area contributed by atoms with Crippen LogP contribution in [0, 0.1) is 0 Å². The lowest BCUT2D eigenvalue weighted by Gasteiger charge is -2.35. The van der Waals surface area contributed by atoms with E-state index in [1.165, 1.54) is 0 Å². The van der Waals surface area contributed by atoms with Crippen molar-refractivity contribution in [3.05, 3.63) is 28.8 Å². The van der Waals surface area contributed by atoms with Gasteiger partial charge in [0.1, 0.15) is 5.60 Å². The molecule has 0 bridgehead atoms. The van der Waals surface area contributed by atoms with Crippen molar-refractivity contribution in [3.8, 4) is 0 Å². The molecule has 0 unspecified atom stereocenters. The fourth-order valence-electron chi connectivity index (χ4n) is 2.37. The first-order chi connectivity index (χ1) is 10.2. The Kier molecular flexibility index (Phi) is 5.19. The molecule has 122 valence electrons. The number of carbonyl (C=O) groups excluding carboxylic acids is 1. The third kappa shape index (κ3) is 4.78. The lowest BCUT2D eigenvalue weighted by atomic mass is 10.1. The number of benzene rings is 1. The van der Waals surface area contributed by atoms with Crippen molar-refractivity contribution in [1.82, 2.24) is 9.80 Å². The summed E-state index contributed by atoms with van der Waals surface area (Å²) in [5.41, 5.74) is 7.31. The number of piperazine rings is 1. The summed E-state index contributed by atoms with van der Waals surface area (Å²) in [4.78, 5) is 16.1. The lowest BCUT2D eigenvalue weighted by Crippen LogP contribution is -2.49. The number of nitrogens with zero attached hydrogens (tertiary/aromatic N) is 2. The second kappa shape index (κ2) is 6.75. The van der Waals surface area contributed by atoms with Crippen LogP contribution < -0.4 is 5.73 Å². The quantitative estimate of drug-likeness (QED) is 0.849. The van der Waals surface area contributed by atoms with Crippen LogP contribution >= 0.6 is 11.6 Å². The second-order valence-electron chi connectivity index (χ2n) is 6.59. The summed E-state index contributed by atoms with van der Waals surface area (Å²) in [7, 11) is 0. The molecule has 1 aliphatic heterocycles. The molecule has 0 aliphatic carbocycles. The molecule has 1 saturated heterocycles. The van der Waals surface area contributed by atoms with Gasteiger partial charge in [-0.1, -0.05) is 17.7 Å². The fraction of sp³-hybridized carbons (Fsp3) is 0.562. The number of rotatable bonds is 2. The standard InChI is InChI=1S/C16H24ClN3O2/c1-16(2,3)22-15(21)20-8-6-19(7-9-20)11-12-4-5-13(17)10-14(12)18/h4-5,10H,6-9,11,18H2,1-3H3. The molecular formula is C16H24ClN3O2. The van der Waals surface area contributed by atoms with E-state index in [4.69, 9.17) is 22.1 Å². The van der Waals surface area contributed by atoms with Crippen molar-refractivity contribution in [1.29, 1.82) is 0 Å². The lowest BCUT2D eigenvalue weighted by molar-refractivity contribution is 0.0139. The molecular weight excluding hydrogens is 302 g/mol. The topological polar surface area (TPSA) is 58.8 Å². The predicted octanol–water partition coefficient (Wildman–Crippen LogP) is 2.97. The first-order valence-electron chi connectivity index (χ1n) is 7.49. The number of hydrogen-bond donors (Lipinski definition) is 1. The van der Waals surface area contributed by atoms with Crippen molar-refractivity contribution in [2.24, 2.45) is 0 Å². The van der Waals surface area contributed by atoms with Crippen LogP contribution in [0.4, 0.5) is 10.5 Å². The summed E-state index contributed by atoms with van der Waals surface area (Å²) >= 11 is 5.91. The Labute approximate surface area is 137 Å². The SMILES string of the molecule is CC(C)(C)OC(=O)N1CCN(Cc2ccc(Cl)cc2N)CC1. The maximum atomic E-state index is 12.0. The number of nitrogen functional groups attached to an aromatic ring is 1. The van der Waals surface area contributed by atoms with Gasteiger partial charge < -0.3 is 15.4 Å². The minimum Gasteiger partial charge on any atom is -0.444 e. The molecule has 1 heterocycles. The van der Waals surface area contributed by atoms with E-state index in [1.807, 2.05) is 32.9 Å². The molecule has 0 atom stereocenters. The number of hydrogen-bond acceptors (Lipinski definition) is 4. The Hall–Kier alpha value is -1.46. The zero-order chi connectivity index (χ0) is 16.3. The Balaban J connectivity index is 1.86. The minimum absolute atomic E-state index is 0.238. The Morgan fingerprint density at radius 1 is 1.27 bits per heavy atom. The van der Waals surface area contributed by atoms with Crippen LogP contribution in [0.25, 0.3) is 0 Å². The van der Waals surface area contributed by atoms with Crippen molar-refractivity contribution in [2.45, 2.75) is 32.9 Å². The summed E-state index contributed by atoms with van der Waals surface area (Å²) in [5, 5.41) is 0.649. The summed E-state index contributed by atoms with van der Waals surface area (Å²) in [6, 6.07) is 5.58. The van der Waals surface area contributed by atoms with Crippen LogP contribution in [0.3, 0.4) is 0 Å². The van der Waals surface area contributed by atoms with E-state index in [-0.39, 0.29) is 6.09 Å². The number of ether oxygens (including phenoxy) is 1. The summed E-state index contributed by atoms with van der Waals surface area (Å²) in [5.74, 6) is 0. The largest absolute Gasteiger partial charge is 0.444 e. The molecule has 1 amide bonds. The van der Waals surface area contributed by atoms with E-state index in [2.05, 4.69) is 4.90 Å². The number of nitrogens with two attached hydrogens (primary N) is 1. The Morgan fingerprint density at radius 3 is 2.45 bits per heavy atom. The van der Waals surface area contributed by atoms with Gasteiger partial charge >= 0.3 is 6.09 Å². The number of halogens is 1. The van der Waals surface area contributed by atoms with E-state index in [0.29, 0.717) is 23.8 Å². The third-order valence-corrected chi connectivity index (χ3v) is 3.76. The highest BCUT2D eigenvalue weighted by molar-refractivity contribution is 6.30. The van der Waals surface area contributed by atoms with Crippen molar-refractivity contribution < 1.29 is 9.53 Å². The molecule has 2 rings (SSSR count). The van der Waals surface area contributed by atoms with E-state index in [9.17, 15) is 4.79 Å². The summed E-state index contributed by atoms with van der Waals surface area (Å²) in [6.45, 7) is 9.36. The predicted molar refractivity (Wildman–Crippen MR) is 88.9 cm³/mol. The molecule has 0 aromatic heterocycles. The van der Waals surface area contributed by atoms with Gasteiger partial charge in [-0.3, -0.25) is 4.90 Å². The molecule has 5 nitrogen and oxygen atoms in total. The van der Waals surface area contributed by atoms with Crippen molar-refractivity contribution >= 4 is 23.4 Å². The zero-order valence-corrected chi connectivity index (χ0v) is 14.2. The Bertz CT molecular complexity index is 535. The molecule has 0 saturated carbocycles. The molecule has 0 spiro atoms. The first kappa shape index (κ1) is 16.9. The second-order valence-corrected chi connectivity index (χ2v) is 7.02. The average Bonchev–Trinajstić information content (AvgIpc) is 2.41. The maximum Gasteiger partial charge on any atom is 0.410 e. The van der Waals surface area contributed by atoms with Crippen LogP contribution in [0.5, 0.6) is 0 Å². The van der Waals surface area contributed by atoms with E-state index < -0.39 is 5.60 Å². The third-order valence-electron chi connectivity index (χ3n) is 3.53. The van der Waals surface area contributed by atoms with E-state index in [0.717, 1.165) is 25.2 Å². The van der Waals surface area contributed by atoms with Crippen LogP contribution in [0.2, 0.25) is 5.02 Å². The number of carbonyl (C=O) groups is 1. The molecule has 2 N–H and O–H groups in total. The van der Waals surface area contributed by atoms with Crippen LogP contribution in [-0.2, 0) is 11.3 Å². The summed E-state index contributed by atoms with van der Waals surface area (Å²) in [6.07, 6.45) is -0.238. The average molecular weight is 326 g/mol. The minimum atomic E-state index is -0.452. The molecule has 0 radical (unpaired) electrons. The van der Waals surface area contributed by atoms with Crippen LogP contribution in [0.15, 0.2) is 18.2 Å². The first-order valence-corrected chi connectivity index (χ1v) is 7.86. The van der Waals surface area contributed by atoms with Crippen LogP contribution in [-0.4, -0.2) is 47.7 Å². The van der Waals surface area contributed by atoms with Gasteiger partial charge in [0, 0.05) is 43.4 Å². The van der Waals surface area contributed by atoms with E-state index >= 15 is 0 Å². The maximum absolute atomic E-state index is 12.0. The molecule has 6 heteroatoms. The van der Waals surface area contributed by atoms with Gasteiger partial charge in [-0.05, 0) is 38.5 Å². The zero-order valence-electron chi connectivity index (χ0n) is 13.4. The van der Waals surface area contributed by atoms with Gasteiger partial charge in [-0.25, -0.2) is 4.79 Å². The molecule has 1 aromatic rings.